The molecule has 3 aromatic rings. The SMILES string of the molecule is Cn1cnnc1C1CCCN(C(=O)c2cn(-c3ccccc3C(F)(F)F)nn2)C1. The molecule has 0 spiro atoms. The molecule has 1 aliphatic rings. The lowest BCUT2D eigenvalue weighted by molar-refractivity contribution is -0.137. The Balaban J connectivity index is 1.56. The molecule has 1 amide bonds. The Labute approximate surface area is 163 Å². The predicted molar refractivity (Wildman–Crippen MR) is 95.2 cm³/mol. The van der Waals surface area contributed by atoms with Gasteiger partial charge in [-0.25, -0.2) is 4.68 Å². The van der Waals surface area contributed by atoms with Gasteiger partial charge in [0.15, 0.2) is 5.69 Å². The largest absolute Gasteiger partial charge is 0.418 e. The van der Waals surface area contributed by atoms with Crippen LogP contribution in [0.4, 0.5) is 13.2 Å². The van der Waals surface area contributed by atoms with Crippen molar-refractivity contribution in [2.45, 2.75) is 24.9 Å². The number of carbonyl (C=O) groups excluding carboxylic acids is 1. The molecule has 11 heteroatoms. The molecule has 4 rings (SSSR count). The summed E-state index contributed by atoms with van der Waals surface area (Å²) in [4.78, 5) is 14.5. The van der Waals surface area contributed by atoms with E-state index in [1.807, 2.05) is 11.6 Å². The maximum atomic E-state index is 13.3. The van der Waals surface area contributed by atoms with Crippen molar-refractivity contribution in [2.75, 3.05) is 13.1 Å². The molecule has 2 aromatic heterocycles. The summed E-state index contributed by atoms with van der Waals surface area (Å²) >= 11 is 0. The van der Waals surface area contributed by atoms with Crippen molar-refractivity contribution in [3.63, 3.8) is 0 Å². The fourth-order valence-corrected chi connectivity index (χ4v) is 3.59. The molecule has 0 saturated carbocycles. The molecule has 152 valence electrons. The van der Waals surface area contributed by atoms with E-state index in [-0.39, 0.29) is 23.2 Å². The quantitative estimate of drug-likeness (QED) is 0.669. The maximum absolute atomic E-state index is 13.3. The average molecular weight is 405 g/mol. The Morgan fingerprint density at radius 1 is 1.21 bits per heavy atom. The minimum absolute atomic E-state index is 0.000549. The molecule has 0 aliphatic carbocycles. The lowest BCUT2D eigenvalue weighted by Crippen LogP contribution is -2.39. The summed E-state index contributed by atoms with van der Waals surface area (Å²) in [5.74, 6) is 0.471. The van der Waals surface area contributed by atoms with Gasteiger partial charge in [0.2, 0.25) is 0 Å². The molecule has 3 heterocycles. The van der Waals surface area contributed by atoms with Crippen molar-refractivity contribution in [1.82, 2.24) is 34.7 Å². The van der Waals surface area contributed by atoms with Gasteiger partial charge in [-0.15, -0.1) is 15.3 Å². The Hall–Kier alpha value is -3.24. The number of piperidine rings is 1. The third kappa shape index (κ3) is 3.71. The second-order valence-corrected chi connectivity index (χ2v) is 6.95. The van der Waals surface area contributed by atoms with Crippen molar-refractivity contribution in [3.8, 4) is 5.69 Å². The number of halogens is 3. The Kier molecular flexibility index (Phi) is 4.81. The fourth-order valence-electron chi connectivity index (χ4n) is 3.59. The summed E-state index contributed by atoms with van der Waals surface area (Å²) in [5.41, 5.74) is -1.02. The topological polar surface area (TPSA) is 81.7 Å². The first kappa shape index (κ1) is 19.1. The van der Waals surface area contributed by atoms with Crippen LogP contribution >= 0.6 is 0 Å². The van der Waals surface area contributed by atoms with Crippen molar-refractivity contribution in [2.24, 2.45) is 7.05 Å². The number of rotatable bonds is 3. The number of carbonyl (C=O) groups is 1. The predicted octanol–water partition coefficient (Wildman–Crippen LogP) is 2.43. The van der Waals surface area contributed by atoms with Crippen LogP contribution in [0.2, 0.25) is 0 Å². The standard InChI is InChI=1S/C18H18F3N7O/c1-26-11-22-24-16(26)12-5-4-8-27(9-12)17(29)14-10-28(25-23-14)15-7-3-2-6-13(15)18(19,20)21/h2-3,6-7,10-12H,4-5,8-9H2,1H3. The zero-order valence-electron chi connectivity index (χ0n) is 15.5. The van der Waals surface area contributed by atoms with Gasteiger partial charge in [0.1, 0.15) is 12.2 Å². The minimum Gasteiger partial charge on any atom is -0.336 e. The number of nitrogens with zero attached hydrogens (tertiary/aromatic N) is 7. The smallest absolute Gasteiger partial charge is 0.336 e. The zero-order chi connectivity index (χ0) is 20.6. The van der Waals surface area contributed by atoms with Crippen LogP contribution in [0.1, 0.15) is 40.6 Å². The number of hydrogen-bond donors (Lipinski definition) is 0. The van der Waals surface area contributed by atoms with Crippen LogP contribution in [0.3, 0.4) is 0 Å². The van der Waals surface area contributed by atoms with Gasteiger partial charge < -0.3 is 9.47 Å². The highest BCUT2D eigenvalue weighted by Crippen LogP contribution is 2.33. The van der Waals surface area contributed by atoms with E-state index in [1.54, 1.807) is 11.2 Å². The van der Waals surface area contributed by atoms with Gasteiger partial charge in [-0.2, -0.15) is 13.2 Å². The Bertz CT molecular complexity index is 1030. The van der Waals surface area contributed by atoms with Gasteiger partial charge in [0, 0.05) is 26.1 Å². The number of aryl methyl sites for hydroxylation is 1. The molecule has 1 atom stereocenters. The summed E-state index contributed by atoms with van der Waals surface area (Å²) in [6.45, 7) is 0.983. The average Bonchev–Trinajstić information content (AvgIpc) is 3.36. The van der Waals surface area contributed by atoms with E-state index in [0.29, 0.717) is 13.1 Å². The van der Waals surface area contributed by atoms with Gasteiger partial charge in [0.25, 0.3) is 5.91 Å². The van der Waals surface area contributed by atoms with E-state index in [2.05, 4.69) is 20.5 Å². The molecule has 8 nitrogen and oxygen atoms in total. The lowest BCUT2D eigenvalue weighted by atomic mass is 9.97. The summed E-state index contributed by atoms with van der Waals surface area (Å²) in [7, 11) is 1.85. The molecular formula is C18H18F3N7O. The second kappa shape index (κ2) is 7.30. The van der Waals surface area contributed by atoms with Crippen molar-refractivity contribution >= 4 is 5.91 Å². The Morgan fingerprint density at radius 2 is 2.00 bits per heavy atom. The molecule has 1 unspecified atom stereocenters. The molecule has 1 aromatic carbocycles. The first-order valence-corrected chi connectivity index (χ1v) is 9.06. The summed E-state index contributed by atoms with van der Waals surface area (Å²) in [5, 5.41) is 15.6. The molecule has 1 aliphatic heterocycles. The van der Waals surface area contributed by atoms with E-state index < -0.39 is 11.7 Å². The van der Waals surface area contributed by atoms with Crippen LogP contribution in [-0.4, -0.2) is 53.7 Å². The van der Waals surface area contributed by atoms with Crippen molar-refractivity contribution in [1.29, 1.82) is 0 Å². The molecule has 0 bridgehead atoms. The first-order valence-electron chi connectivity index (χ1n) is 9.06. The summed E-state index contributed by atoms with van der Waals surface area (Å²) in [6, 6.07) is 5.03. The number of hydrogen-bond acceptors (Lipinski definition) is 5. The van der Waals surface area contributed by atoms with E-state index in [0.717, 1.165) is 29.4 Å². The normalized spacial score (nSPS) is 17.5. The highest BCUT2D eigenvalue weighted by Gasteiger charge is 2.34. The zero-order valence-corrected chi connectivity index (χ0v) is 15.5. The number of amides is 1. The third-order valence-corrected chi connectivity index (χ3v) is 4.99. The fraction of sp³-hybridized carbons (Fsp3) is 0.389. The molecule has 1 fully saturated rings. The number of likely N-dealkylation sites (tertiary alicyclic amines) is 1. The maximum Gasteiger partial charge on any atom is 0.418 e. The van der Waals surface area contributed by atoms with E-state index in [9.17, 15) is 18.0 Å². The van der Waals surface area contributed by atoms with Gasteiger partial charge >= 0.3 is 6.18 Å². The van der Waals surface area contributed by atoms with Crippen LogP contribution in [0.25, 0.3) is 5.69 Å². The van der Waals surface area contributed by atoms with E-state index >= 15 is 0 Å². The van der Waals surface area contributed by atoms with Gasteiger partial charge in [-0.3, -0.25) is 4.79 Å². The van der Waals surface area contributed by atoms with E-state index in [4.69, 9.17) is 0 Å². The van der Waals surface area contributed by atoms with Crippen LogP contribution in [-0.2, 0) is 13.2 Å². The van der Waals surface area contributed by atoms with Crippen molar-refractivity contribution in [3.05, 3.63) is 53.9 Å². The molecule has 0 N–H and O–H groups in total. The monoisotopic (exact) mass is 405 g/mol. The third-order valence-electron chi connectivity index (χ3n) is 4.99. The van der Waals surface area contributed by atoms with Gasteiger partial charge in [0.05, 0.1) is 17.4 Å². The summed E-state index contributed by atoms with van der Waals surface area (Å²) < 4.78 is 42.6. The highest BCUT2D eigenvalue weighted by atomic mass is 19.4. The molecule has 1 saturated heterocycles. The molecular weight excluding hydrogens is 387 g/mol. The van der Waals surface area contributed by atoms with Crippen LogP contribution in [0.15, 0.2) is 36.8 Å². The summed E-state index contributed by atoms with van der Waals surface area (Å²) in [6.07, 6.45) is -0.0300. The van der Waals surface area contributed by atoms with Crippen LogP contribution in [0, 0.1) is 0 Å². The number of benzene rings is 1. The minimum atomic E-state index is -4.54. The first-order chi connectivity index (χ1) is 13.8. The number of alkyl halides is 3. The van der Waals surface area contributed by atoms with Crippen LogP contribution < -0.4 is 0 Å². The molecule has 0 radical (unpaired) electrons. The van der Waals surface area contributed by atoms with Crippen LogP contribution in [0.5, 0.6) is 0 Å². The number of para-hydroxylation sites is 1. The van der Waals surface area contributed by atoms with Gasteiger partial charge in [-0.1, -0.05) is 17.3 Å². The Morgan fingerprint density at radius 3 is 2.72 bits per heavy atom. The van der Waals surface area contributed by atoms with Gasteiger partial charge in [-0.05, 0) is 25.0 Å². The highest BCUT2D eigenvalue weighted by molar-refractivity contribution is 5.92. The molecule has 29 heavy (non-hydrogen) atoms. The van der Waals surface area contributed by atoms with E-state index in [1.165, 1.54) is 24.4 Å². The number of aromatic nitrogens is 6. The van der Waals surface area contributed by atoms with Crippen molar-refractivity contribution < 1.29 is 18.0 Å². The lowest BCUT2D eigenvalue weighted by Gasteiger charge is -2.31. The second-order valence-electron chi connectivity index (χ2n) is 6.95.